The summed E-state index contributed by atoms with van der Waals surface area (Å²) in [4.78, 5) is 0. The Bertz CT molecular complexity index is 892. The third-order valence-electron chi connectivity index (χ3n) is 8.50. The lowest BCUT2D eigenvalue weighted by Crippen LogP contribution is -2.51. The van der Waals surface area contributed by atoms with Crippen LogP contribution in [0.15, 0.2) is 42.5 Å². The molecule has 5 rings (SSSR count). The van der Waals surface area contributed by atoms with E-state index in [4.69, 9.17) is 9.47 Å². The minimum atomic E-state index is 0.527. The summed E-state index contributed by atoms with van der Waals surface area (Å²) in [6.07, 6.45) is 8.06. The molecule has 0 unspecified atom stereocenters. The smallest absolute Gasteiger partial charge is 0.119 e. The predicted molar refractivity (Wildman–Crippen MR) is 121 cm³/mol. The van der Waals surface area contributed by atoms with Crippen molar-refractivity contribution in [2.75, 3.05) is 14.2 Å². The Morgan fingerprint density at radius 2 is 1.73 bits per heavy atom. The summed E-state index contributed by atoms with van der Waals surface area (Å²) in [6.45, 7) is 3.49. The highest BCUT2D eigenvalue weighted by atomic mass is 16.5. The van der Waals surface area contributed by atoms with E-state index in [0.717, 1.165) is 36.3 Å². The fraction of sp³-hybridized carbons (Fsp3) is 0.556. The minimum Gasteiger partial charge on any atom is -0.497 e. The molecule has 3 aliphatic rings. The number of hydrogen-bond donors (Lipinski definition) is 1. The second-order valence-corrected chi connectivity index (χ2v) is 9.98. The van der Waals surface area contributed by atoms with Gasteiger partial charge in [0.05, 0.1) is 14.2 Å². The van der Waals surface area contributed by atoms with Crippen LogP contribution in [0.4, 0.5) is 0 Å². The van der Waals surface area contributed by atoms with Crippen LogP contribution in [0.2, 0.25) is 0 Å². The van der Waals surface area contributed by atoms with Crippen molar-refractivity contribution in [2.45, 2.75) is 64.0 Å². The van der Waals surface area contributed by atoms with Gasteiger partial charge in [-0.25, -0.2) is 0 Å². The van der Waals surface area contributed by atoms with Gasteiger partial charge < -0.3 is 14.8 Å². The van der Waals surface area contributed by atoms with Crippen molar-refractivity contribution in [1.29, 1.82) is 0 Å². The van der Waals surface area contributed by atoms with Gasteiger partial charge in [0.1, 0.15) is 11.5 Å². The summed E-state index contributed by atoms with van der Waals surface area (Å²) in [5.41, 5.74) is 4.96. The van der Waals surface area contributed by atoms with Crippen LogP contribution in [-0.4, -0.2) is 20.3 Å². The van der Waals surface area contributed by atoms with Crippen molar-refractivity contribution in [1.82, 2.24) is 5.32 Å². The zero-order chi connectivity index (χ0) is 20.7. The molecule has 3 heteroatoms. The van der Waals surface area contributed by atoms with Gasteiger partial charge in [-0.05, 0) is 96.2 Å². The molecule has 2 aromatic rings. The maximum atomic E-state index is 5.56. The van der Waals surface area contributed by atoms with Gasteiger partial charge in [0, 0.05) is 12.6 Å². The molecular formula is C27H35NO2. The van der Waals surface area contributed by atoms with E-state index in [9.17, 15) is 0 Å². The fourth-order valence-corrected chi connectivity index (χ4v) is 6.93. The summed E-state index contributed by atoms with van der Waals surface area (Å²) >= 11 is 0. The van der Waals surface area contributed by atoms with Crippen molar-refractivity contribution in [3.63, 3.8) is 0 Å². The molecule has 3 nitrogen and oxygen atoms in total. The van der Waals surface area contributed by atoms with Gasteiger partial charge in [0.2, 0.25) is 0 Å². The molecule has 0 saturated heterocycles. The second-order valence-electron chi connectivity index (χ2n) is 9.98. The Morgan fingerprint density at radius 3 is 2.50 bits per heavy atom. The molecule has 0 heterocycles. The van der Waals surface area contributed by atoms with Gasteiger partial charge >= 0.3 is 0 Å². The van der Waals surface area contributed by atoms with E-state index in [-0.39, 0.29) is 0 Å². The number of ether oxygens (including phenoxy) is 2. The largest absolute Gasteiger partial charge is 0.497 e. The van der Waals surface area contributed by atoms with Crippen molar-refractivity contribution >= 4 is 0 Å². The standard InChI is InChI=1S/C27H35NO2/c1-27-13-4-5-24(27)26-23(12-14-27)22-11-10-21(30-3)15-19(22)16-25(26)28-17-18-6-8-20(29-2)9-7-18/h6-11,15,23-26,28H,4-5,12-14,16-17H2,1-3H3/t23-,24+,25-,26-,27+/m1/s1. The van der Waals surface area contributed by atoms with Crippen molar-refractivity contribution < 1.29 is 9.47 Å². The van der Waals surface area contributed by atoms with Crippen molar-refractivity contribution in [3.8, 4) is 11.5 Å². The Hall–Kier alpha value is -2.00. The molecule has 2 fully saturated rings. The van der Waals surface area contributed by atoms with E-state index in [1.165, 1.54) is 43.2 Å². The maximum absolute atomic E-state index is 5.56. The molecule has 2 saturated carbocycles. The first-order valence-electron chi connectivity index (χ1n) is 11.6. The molecule has 0 radical (unpaired) electrons. The van der Waals surface area contributed by atoms with Crippen LogP contribution in [0.5, 0.6) is 11.5 Å². The summed E-state index contributed by atoms with van der Waals surface area (Å²) < 4.78 is 10.9. The molecule has 0 spiro atoms. The zero-order valence-electron chi connectivity index (χ0n) is 18.6. The average Bonchev–Trinajstić information content (AvgIpc) is 3.18. The van der Waals surface area contributed by atoms with E-state index in [0.29, 0.717) is 17.4 Å². The molecule has 3 aliphatic carbocycles. The third-order valence-corrected chi connectivity index (χ3v) is 8.50. The van der Waals surface area contributed by atoms with E-state index in [2.05, 4.69) is 54.7 Å². The predicted octanol–water partition coefficient (Wildman–Crippen LogP) is 5.72. The summed E-state index contributed by atoms with van der Waals surface area (Å²) in [6, 6.07) is 15.8. The first kappa shape index (κ1) is 19.9. The highest BCUT2D eigenvalue weighted by molar-refractivity contribution is 5.42. The van der Waals surface area contributed by atoms with E-state index >= 15 is 0 Å². The lowest BCUT2D eigenvalue weighted by molar-refractivity contribution is 0.0390. The van der Waals surface area contributed by atoms with Gasteiger partial charge in [-0.3, -0.25) is 0 Å². The Labute approximate surface area is 181 Å². The van der Waals surface area contributed by atoms with E-state index in [1.54, 1.807) is 19.8 Å². The molecule has 0 aromatic heterocycles. The van der Waals surface area contributed by atoms with Gasteiger partial charge in [-0.2, -0.15) is 0 Å². The summed E-state index contributed by atoms with van der Waals surface area (Å²) in [5, 5.41) is 4.00. The number of methoxy groups -OCH3 is 2. The average molecular weight is 406 g/mol. The number of fused-ring (bicyclic) bond motifs is 5. The van der Waals surface area contributed by atoms with Crippen LogP contribution in [0.1, 0.15) is 61.6 Å². The highest BCUT2D eigenvalue weighted by Gasteiger charge is 2.53. The molecule has 0 bridgehead atoms. The maximum Gasteiger partial charge on any atom is 0.119 e. The van der Waals surface area contributed by atoms with Crippen molar-refractivity contribution in [3.05, 3.63) is 59.2 Å². The number of rotatable bonds is 5. The molecular weight excluding hydrogens is 370 g/mol. The molecule has 0 aliphatic heterocycles. The molecule has 2 aromatic carbocycles. The Morgan fingerprint density at radius 1 is 0.967 bits per heavy atom. The van der Waals surface area contributed by atoms with Crippen LogP contribution in [0.3, 0.4) is 0 Å². The van der Waals surface area contributed by atoms with Gasteiger partial charge in [0.15, 0.2) is 0 Å². The molecule has 160 valence electrons. The SMILES string of the molecule is COc1ccc(CN[C@@H]2Cc3cc(OC)ccc3[C@H]3CC[C@]4(C)CCC[C@H]4[C@@H]32)cc1. The lowest BCUT2D eigenvalue weighted by atomic mass is 9.54. The van der Waals surface area contributed by atoms with E-state index in [1.807, 2.05) is 0 Å². The highest BCUT2D eigenvalue weighted by Crippen LogP contribution is 2.61. The molecule has 30 heavy (non-hydrogen) atoms. The van der Waals surface area contributed by atoms with Crippen LogP contribution in [0, 0.1) is 17.3 Å². The number of benzene rings is 2. The monoisotopic (exact) mass is 405 g/mol. The van der Waals surface area contributed by atoms with Gasteiger partial charge in [-0.1, -0.05) is 31.5 Å². The van der Waals surface area contributed by atoms with Gasteiger partial charge in [0.25, 0.3) is 0 Å². The number of nitrogens with one attached hydrogen (secondary N) is 1. The third kappa shape index (κ3) is 3.41. The molecule has 5 atom stereocenters. The van der Waals surface area contributed by atoms with Crippen LogP contribution < -0.4 is 14.8 Å². The Balaban J connectivity index is 1.44. The molecule has 0 amide bonds. The van der Waals surface area contributed by atoms with Crippen LogP contribution >= 0.6 is 0 Å². The van der Waals surface area contributed by atoms with E-state index < -0.39 is 0 Å². The normalized spacial score (nSPS) is 32.1. The van der Waals surface area contributed by atoms with Gasteiger partial charge in [-0.15, -0.1) is 0 Å². The molecule has 1 N–H and O–H groups in total. The summed E-state index contributed by atoms with van der Waals surface area (Å²) in [7, 11) is 3.50. The summed E-state index contributed by atoms with van der Waals surface area (Å²) in [5.74, 6) is 4.18. The lowest BCUT2D eigenvalue weighted by Gasteiger charge is -2.52. The number of hydrogen-bond acceptors (Lipinski definition) is 3. The quantitative estimate of drug-likeness (QED) is 0.690. The zero-order valence-corrected chi connectivity index (χ0v) is 18.6. The van der Waals surface area contributed by atoms with Crippen LogP contribution in [0.25, 0.3) is 0 Å². The first-order chi connectivity index (χ1) is 14.6. The Kier molecular flexibility index (Phi) is 5.26. The topological polar surface area (TPSA) is 30.5 Å². The van der Waals surface area contributed by atoms with Crippen LogP contribution in [-0.2, 0) is 13.0 Å². The first-order valence-corrected chi connectivity index (χ1v) is 11.6. The fourth-order valence-electron chi connectivity index (χ4n) is 6.93. The minimum absolute atomic E-state index is 0.527. The second kappa shape index (κ2) is 7.92. The van der Waals surface area contributed by atoms with Crippen molar-refractivity contribution in [2.24, 2.45) is 17.3 Å².